The minimum atomic E-state index is -3.95. The average molecular weight is 229 g/mol. The topological polar surface area (TPSA) is 63.2 Å². The zero-order valence-corrected chi connectivity index (χ0v) is 8.64. The van der Waals surface area contributed by atoms with Crippen molar-refractivity contribution in [2.24, 2.45) is 0 Å². The number of anilines is 1. The molecule has 0 saturated carbocycles. The third kappa shape index (κ3) is 1.41. The van der Waals surface area contributed by atoms with E-state index in [0.29, 0.717) is 0 Å². The number of carbonyl (C=O) groups is 1. The van der Waals surface area contributed by atoms with E-state index in [0.717, 1.165) is 18.2 Å². The normalized spacial score (nSPS) is 23.1. The minimum absolute atomic E-state index is 0.141. The highest BCUT2D eigenvalue weighted by Gasteiger charge is 2.36. The lowest BCUT2D eigenvalue weighted by Crippen LogP contribution is -2.37. The molecule has 1 aromatic rings. The molecule has 0 spiro atoms. The van der Waals surface area contributed by atoms with Gasteiger partial charge >= 0.3 is 0 Å². The number of halogens is 1. The van der Waals surface area contributed by atoms with Crippen molar-refractivity contribution in [2.45, 2.75) is 17.9 Å². The molecule has 1 aromatic carbocycles. The fourth-order valence-corrected chi connectivity index (χ4v) is 2.88. The highest BCUT2D eigenvalue weighted by molar-refractivity contribution is 8.06. The van der Waals surface area contributed by atoms with Crippen molar-refractivity contribution in [1.82, 2.24) is 0 Å². The van der Waals surface area contributed by atoms with Gasteiger partial charge in [0.25, 0.3) is 5.12 Å². The second kappa shape index (κ2) is 3.03. The van der Waals surface area contributed by atoms with Crippen LogP contribution in [0.15, 0.2) is 23.1 Å². The van der Waals surface area contributed by atoms with Gasteiger partial charge in [-0.1, -0.05) is 0 Å². The number of rotatable bonds is 0. The summed E-state index contributed by atoms with van der Waals surface area (Å²) in [4.78, 5) is 11.2. The van der Waals surface area contributed by atoms with Crippen LogP contribution in [0.25, 0.3) is 0 Å². The molecule has 1 aliphatic heterocycles. The van der Waals surface area contributed by atoms with Gasteiger partial charge in [-0.15, -0.1) is 0 Å². The Balaban J connectivity index is 2.72. The Morgan fingerprint density at radius 1 is 1.40 bits per heavy atom. The van der Waals surface area contributed by atoms with E-state index in [9.17, 15) is 17.6 Å². The summed E-state index contributed by atoms with van der Waals surface area (Å²) in [6.07, 6.45) is 0. The van der Waals surface area contributed by atoms with E-state index in [2.05, 4.69) is 5.32 Å². The van der Waals surface area contributed by atoms with Crippen molar-refractivity contribution >= 4 is 20.6 Å². The molecule has 1 N–H and O–H groups in total. The Kier molecular flexibility index (Phi) is 2.04. The molecular weight excluding hydrogens is 221 g/mol. The summed E-state index contributed by atoms with van der Waals surface area (Å²) in [7, 11) is -3.95. The van der Waals surface area contributed by atoms with Crippen molar-refractivity contribution in [2.75, 3.05) is 5.32 Å². The van der Waals surface area contributed by atoms with E-state index in [1.54, 1.807) is 0 Å². The first-order chi connectivity index (χ1) is 6.93. The number of hydrogen-bond donors (Lipinski definition) is 1. The standard InChI is InChI=1S/C9H8FNO3S/c1-5-9(12)15(13,14)8-3-2-6(10)4-7(8)11-5/h2-5,11H,1H3. The summed E-state index contributed by atoms with van der Waals surface area (Å²) in [5, 5.41) is 1.75. The second-order valence-corrected chi connectivity index (χ2v) is 5.18. The molecule has 15 heavy (non-hydrogen) atoms. The molecule has 4 nitrogen and oxygen atoms in total. The van der Waals surface area contributed by atoms with Crippen LogP contribution in [0.1, 0.15) is 6.92 Å². The van der Waals surface area contributed by atoms with Crippen molar-refractivity contribution < 1.29 is 17.6 Å². The Bertz CT molecular complexity index is 538. The van der Waals surface area contributed by atoms with Gasteiger partial charge < -0.3 is 5.32 Å². The maximum atomic E-state index is 12.9. The zero-order valence-electron chi connectivity index (χ0n) is 7.82. The highest BCUT2D eigenvalue weighted by Crippen LogP contribution is 2.29. The SMILES string of the molecule is CC1Nc2cc(F)ccc2S(=O)(=O)C1=O. The van der Waals surface area contributed by atoms with Crippen molar-refractivity contribution in [3.8, 4) is 0 Å². The predicted octanol–water partition coefficient (Wildman–Crippen LogP) is 0.940. The largest absolute Gasteiger partial charge is 0.373 e. The van der Waals surface area contributed by atoms with Crippen LogP contribution in [-0.4, -0.2) is 19.6 Å². The molecule has 6 heteroatoms. The van der Waals surface area contributed by atoms with Gasteiger partial charge in [-0.3, -0.25) is 4.79 Å². The lowest BCUT2D eigenvalue weighted by atomic mass is 10.2. The number of hydrogen-bond acceptors (Lipinski definition) is 4. The van der Waals surface area contributed by atoms with Crippen LogP contribution < -0.4 is 5.32 Å². The number of benzene rings is 1. The predicted molar refractivity (Wildman–Crippen MR) is 51.7 cm³/mol. The van der Waals surface area contributed by atoms with E-state index >= 15 is 0 Å². The first-order valence-corrected chi connectivity index (χ1v) is 5.76. The maximum absolute atomic E-state index is 12.9. The van der Waals surface area contributed by atoms with Crippen LogP contribution in [0.2, 0.25) is 0 Å². The number of fused-ring (bicyclic) bond motifs is 1. The van der Waals surface area contributed by atoms with Crippen molar-refractivity contribution in [3.05, 3.63) is 24.0 Å². The summed E-state index contributed by atoms with van der Waals surface area (Å²) in [6.45, 7) is 1.42. The van der Waals surface area contributed by atoms with Crippen LogP contribution in [-0.2, 0) is 14.6 Å². The van der Waals surface area contributed by atoms with Gasteiger partial charge in [-0.25, -0.2) is 12.8 Å². The van der Waals surface area contributed by atoms with Crippen molar-refractivity contribution in [1.29, 1.82) is 0 Å². The molecule has 0 aliphatic carbocycles. The molecule has 1 aliphatic rings. The number of sulfone groups is 1. The van der Waals surface area contributed by atoms with Crippen LogP contribution in [0, 0.1) is 5.82 Å². The Morgan fingerprint density at radius 2 is 2.07 bits per heavy atom. The second-order valence-electron chi connectivity index (χ2n) is 3.33. The molecule has 2 rings (SSSR count). The van der Waals surface area contributed by atoms with Gasteiger partial charge in [0.2, 0.25) is 9.84 Å². The summed E-state index contributed by atoms with van der Waals surface area (Å²) in [5.74, 6) is -0.544. The lowest BCUT2D eigenvalue weighted by Gasteiger charge is -2.22. The summed E-state index contributed by atoms with van der Waals surface area (Å²) >= 11 is 0. The van der Waals surface area contributed by atoms with Gasteiger partial charge in [-0.05, 0) is 25.1 Å². The molecule has 0 radical (unpaired) electrons. The Hall–Kier alpha value is -1.43. The molecule has 1 heterocycles. The molecule has 1 atom stereocenters. The van der Waals surface area contributed by atoms with Crippen molar-refractivity contribution in [3.63, 3.8) is 0 Å². The third-order valence-corrected chi connectivity index (χ3v) is 4.04. The van der Waals surface area contributed by atoms with Gasteiger partial charge in [0.15, 0.2) is 0 Å². The Labute approximate surface area is 86.0 Å². The highest BCUT2D eigenvalue weighted by atomic mass is 32.2. The van der Waals surface area contributed by atoms with Crippen LogP contribution >= 0.6 is 0 Å². The van der Waals surface area contributed by atoms with Gasteiger partial charge in [0.1, 0.15) is 5.82 Å². The van der Waals surface area contributed by atoms with E-state index in [4.69, 9.17) is 0 Å². The monoisotopic (exact) mass is 229 g/mol. The van der Waals surface area contributed by atoms with Gasteiger partial charge in [-0.2, -0.15) is 0 Å². The fourth-order valence-electron chi connectivity index (χ4n) is 1.48. The van der Waals surface area contributed by atoms with E-state index in [1.165, 1.54) is 6.92 Å². The molecule has 0 amide bonds. The molecule has 0 fully saturated rings. The molecule has 0 saturated heterocycles. The number of nitrogens with one attached hydrogen (secondary N) is 1. The first-order valence-electron chi connectivity index (χ1n) is 4.28. The quantitative estimate of drug-likeness (QED) is 0.672. The van der Waals surface area contributed by atoms with Crippen LogP contribution in [0.5, 0.6) is 0 Å². The molecule has 0 bridgehead atoms. The molecule has 1 unspecified atom stereocenters. The zero-order chi connectivity index (χ0) is 11.2. The van der Waals surface area contributed by atoms with Crippen LogP contribution in [0.3, 0.4) is 0 Å². The molecule has 0 aromatic heterocycles. The first kappa shape index (κ1) is 10.1. The lowest BCUT2D eigenvalue weighted by molar-refractivity contribution is -0.112. The number of carbonyl (C=O) groups excluding carboxylic acids is 1. The van der Waals surface area contributed by atoms with E-state index in [-0.39, 0.29) is 10.6 Å². The fraction of sp³-hybridized carbons (Fsp3) is 0.222. The minimum Gasteiger partial charge on any atom is -0.373 e. The average Bonchev–Trinajstić information content (AvgIpc) is 2.14. The van der Waals surface area contributed by atoms with Crippen LogP contribution in [0.4, 0.5) is 10.1 Å². The van der Waals surface area contributed by atoms with E-state index in [1.807, 2.05) is 0 Å². The smallest absolute Gasteiger partial charge is 0.272 e. The molecular formula is C9H8FNO3S. The summed E-state index contributed by atoms with van der Waals surface area (Å²) in [6, 6.07) is 2.33. The summed E-state index contributed by atoms with van der Waals surface area (Å²) in [5.41, 5.74) is 0.141. The van der Waals surface area contributed by atoms with Gasteiger partial charge in [0.05, 0.1) is 16.6 Å². The van der Waals surface area contributed by atoms with E-state index < -0.39 is 26.8 Å². The third-order valence-electron chi connectivity index (χ3n) is 2.22. The molecule has 80 valence electrons. The van der Waals surface area contributed by atoms with Gasteiger partial charge in [0, 0.05) is 0 Å². The summed E-state index contributed by atoms with van der Waals surface area (Å²) < 4.78 is 36.1. The maximum Gasteiger partial charge on any atom is 0.272 e. The Morgan fingerprint density at radius 3 is 2.73 bits per heavy atom.